The molecule has 3 nitrogen and oxygen atoms in total. The summed E-state index contributed by atoms with van der Waals surface area (Å²) in [5.41, 5.74) is 6.48. The van der Waals surface area contributed by atoms with Gasteiger partial charge in [0.25, 0.3) is 0 Å². The van der Waals surface area contributed by atoms with Crippen LogP contribution in [-0.2, 0) is 4.74 Å². The summed E-state index contributed by atoms with van der Waals surface area (Å²) in [7, 11) is 0. The van der Waals surface area contributed by atoms with Crippen LogP contribution >= 0.6 is 0 Å². The van der Waals surface area contributed by atoms with Gasteiger partial charge in [0.05, 0.1) is 6.04 Å². The highest BCUT2D eigenvalue weighted by molar-refractivity contribution is 5.79. The van der Waals surface area contributed by atoms with Crippen LogP contribution in [0.5, 0.6) is 0 Å². The number of carbonyl (C=O) groups is 1. The van der Waals surface area contributed by atoms with Crippen molar-refractivity contribution in [3.63, 3.8) is 0 Å². The van der Waals surface area contributed by atoms with Gasteiger partial charge in [-0.25, -0.2) is 13.6 Å². The smallest absolute Gasteiger partial charge is 0.410 e. The largest absolute Gasteiger partial charge is 0.448 e. The van der Waals surface area contributed by atoms with E-state index in [0.717, 1.165) is 30.9 Å². The van der Waals surface area contributed by atoms with Crippen molar-refractivity contribution >= 4 is 11.7 Å². The van der Waals surface area contributed by atoms with Crippen molar-refractivity contribution in [1.82, 2.24) is 4.90 Å². The Balaban J connectivity index is 1.23. The maximum absolute atomic E-state index is 14.6. The van der Waals surface area contributed by atoms with Crippen LogP contribution in [0.3, 0.4) is 0 Å². The Labute approximate surface area is 204 Å². The number of rotatable bonds is 3. The first kappa shape index (κ1) is 22.0. The molecule has 0 radical (unpaired) electrons. The van der Waals surface area contributed by atoms with Crippen molar-refractivity contribution in [2.45, 2.75) is 50.6 Å². The van der Waals surface area contributed by atoms with Gasteiger partial charge in [0.1, 0.15) is 18.2 Å². The molecule has 1 fully saturated rings. The van der Waals surface area contributed by atoms with Crippen molar-refractivity contribution in [1.29, 1.82) is 0 Å². The van der Waals surface area contributed by atoms with E-state index < -0.39 is 11.6 Å². The SMILES string of the molecule is Cc1cc(C2=CC3CCCC(C2)N3C(=O)OCC2c3ccccc3-c3ccccc32)c(F)cc1F. The molecule has 3 aliphatic rings. The van der Waals surface area contributed by atoms with Crippen LogP contribution in [0, 0.1) is 18.6 Å². The molecule has 0 spiro atoms. The highest BCUT2D eigenvalue weighted by Gasteiger charge is 2.39. The maximum atomic E-state index is 14.6. The molecule has 1 amide bonds. The highest BCUT2D eigenvalue weighted by atomic mass is 19.1. The monoisotopic (exact) mass is 471 g/mol. The lowest BCUT2D eigenvalue weighted by atomic mass is 9.82. The van der Waals surface area contributed by atoms with E-state index in [9.17, 15) is 13.6 Å². The van der Waals surface area contributed by atoms with E-state index in [4.69, 9.17) is 4.74 Å². The van der Waals surface area contributed by atoms with Crippen LogP contribution in [0.4, 0.5) is 13.6 Å². The van der Waals surface area contributed by atoms with E-state index in [2.05, 4.69) is 24.3 Å². The minimum atomic E-state index is -0.549. The van der Waals surface area contributed by atoms with Crippen molar-refractivity contribution in [3.05, 3.63) is 101 Å². The minimum Gasteiger partial charge on any atom is -0.448 e. The van der Waals surface area contributed by atoms with E-state index in [-0.39, 0.29) is 30.7 Å². The zero-order chi connectivity index (χ0) is 24.1. The number of hydrogen-bond donors (Lipinski definition) is 0. The van der Waals surface area contributed by atoms with Gasteiger partial charge in [-0.05, 0) is 72.1 Å². The van der Waals surface area contributed by atoms with Gasteiger partial charge in [0.2, 0.25) is 0 Å². The van der Waals surface area contributed by atoms with Gasteiger partial charge in [0.15, 0.2) is 0 Å². The zero-order valence-corrected chi connectivity index (χ0v) is 19.6. The van der Waals surface area contributed by atoms with Gasteiger partial charge in [0, 0.05) is 23.6 Å². The van der Waals surface area contributed by atoms with E-state index >= 15 is 0 Å². The molecule has 1 aliphatic carbocycles. The Morgan fingerprint density at radius 1 is 0.943 bits per heavy atom. The average molecular weight is 472 g/mol. The van der Waals surface area contributed by atoms with E-state index in [1.807, 2.05) is 35.2 Å². The molecule has 35 heavy (non-hydrogen) atoms. The Morgan fingerprint density at radius 2 is 1.63 bits per heavy atom. The van der Waals surface area contributed by atoms with Gasteiger partial charge < -0.3 is 4.74 Å². The molecule has 2 bridgehead atoms. The molecule has 6 rings (SSSR count). The lowest BCUT2D eigenvalue weighted by molar-refractivity contribution is 0.0538. The van der Waals surface area contributed by atoms with E-state index in [1.54, 1.807) is 13.0 Å². The fraction of sp³-hybridized carbons (Fsp3) is 0.300. The summed E-state index contributed by atoms with van der Waals surface area (Å²) in [6.07, 6.45) is 4.88. The first-order valence-electron chi connectivity index (χ1n) is 12.3. The second-order valence-corrected chi connectivity index (χ2v) is 9.84. The van der Waals surface area contributed by atoms with Gasteiger partial charge in [-0.2, -0.15) is 0 Å². The quantitative estimate of drug-likeness (QED) is 0.403. The molecule has 5 heteroatoms. The molecular weight excluding hydrogens is 444 g/mol. The molecule has 0 N–H and O–H groups in total. The topological polar surface area (TPSA) is 29.5 Å². The molecule has 1 saturated heterocycles. The molecule has 2 heterocycles. The number of piperidine rings is 1. The van der Waals surface area contributed by atoms with Gasteiger partial charge in [-0.15, -0.1) is 0 Å². The van der Waals surface area contributed by atoms with Crippen LogP contribution in [0.2, 0.25) is 0 Å². The molecule has 3 aromatic rings. The van der Waals surface area contributed by atoms with E-state index in [1.165, 1.54) is 22.3 Å². The number of fused-ring (bicyclic) bond motifs is 5. The Kier molecular flexibility index (Phi) is 5.43. The molecule has 178 valence electrons. The number of carbonyl (C=O) groups excluding carboxylic acids is 1. The van der Waals surface area contributed by atoms with Crippen molar-refractivity contribution in [2.24, 2.45) is 0 Å². The summed E-state index contributed by atoms with van der Waals surface area (Å²) in [5.74, 6) is -1.08. The number of amides is 1. The van der Waals surface area contributed by atoms with Gasteiger partial charge in [-0.3, -0.25) is 4.90 Å². The second kappa shape index (κ2) is 8.63. The number of aryl methyl sites for hydroxylation is 1. The average Bonchev–Trinajstić information content (AvgIpc) is 3.18. The van der Waals surface area contributed by atoms with E-state index in [0.29, 0.717) is 17.5 Å². The van der Waals surface area contributed by atoms with Crippen LogP contribution < -0.4 is 0 Å². The number of nitrogens with zero attached hydrogens (tertiary/aromatic N) is 1. The van der Waals surface area contributed by atoms with Crippen molar-refractivity contribution in [2.75, 3.05) is 6.61 Å². The Bertz CT molecular complexity index is 1300. The standard InChI is InChI=1S/C30H27F2NO2/c1-18-13-26(29(32)16-28(18)31)19-14-20-7-6-8-21(15-19)33(20)30(34)35-17-27-24-11-4-2-9-22(24)23-10-3-5-12-25(23)27/h2-5,9-14,16,20-21,27H,6-8,15,17H2,1H3. The van der Waals surface area contributed by atoms with Crippen LogP contribution in [-0.4, -0.2) is 29.7 Å². The third-order valence-electron chi connectivity index (χ3n) is 7.78. The molecular formula is C30H27F2NO2. The summed E-state index contributed by atoms with van der Waals surface area (Å²) in [6.45, 7) is 1.93. The molecule has 2 atom stereocenters. The number of benzene rings is 3. The predicted octanol–water partition coefficient (Wildman–Crippen LogP) is 7.23. The summed E-state index contributed by atoms with van der Waals surface area (Å²) in [5, 5.41) is 0. The molecule has 2 aliphatic heterocycles. The second-order valence-electron chi connectivity index (χ2n) is 9.84. The molecule has 0 saturated carbocycles. The number of halogens is 2. The summed E-state index contributed by atoms with van der Waals surface area (Å²) in [6, 6.07) is 18.9. The molecule has 0 aromatic heterocycles. The number of ether oxygens (including phenoxy) is 1. The fourth-order valence-electron chi connectivity index (χ4n) is 6.09. The first-order chi connectivity index (χ1) is 17.0. The summed E-state index contributed by atoms with van der Waals surface area (Å²) in [4.78, 5) is 15.2. The van der Waals surface area contributed by atoms with Crippen molar-refractivity contribution in [3.8, 4) is 11.1 Å². The lowest BCUT2D eigenvalue weighted by Crippen LogP contribution is -2.52. The number of hydrogen-bond acceptors (Lipinski definition) is 2. The van der Waals surface area contributed by atoms with Crippen molar-refractivity contribution < 1.29 is 18.3 Å². The Hall–Kier alpha value is -3.47. The highest BCUT2D eigenvalue weighted by Crippen LogP contribution is 2.45. The third-order valence-corrected chi connectivity index (χ3v) is 7.78. The zero-order valence-electron chi connectivity index (χ0n) is 19.6. The van der Waals surface area contributed by atoms with Gasteiger partial charge >= 0.3 is 6.09 Å². The predicted molar refractivity (Wildman–Crippen MR) is 132 cm³/mol. The third kappa shape index (κ3) is 3.74. The normalized spacial score (nSPS) is 20.8. The minimum absolute atomic E-state index is 0.0124. The molecule has 2 unspecified atom stereocenters. The summed E-state index contributed by atoms with van der Waals surface area (Å²) >= 11 is 0. The van der Waals surface area contributed by atoms with Crippen LogP contribution in [0.1, 0.15) is 53.9 Å². The Morgan fingerprint density at radius 3 is 2.31 bits per heavy atom. The first-order valence-corrected chi connectivity index (χ1v) is 12.3. The lowest BCUT2D eigenvalue weighted by Gasteiger charge is -2.44. The van der Waals surface area contributed by atoms with Crippen LogP contribution in [0.25, 0.3) is 16.7 Å². The maximum Gasteiger partial charge on any atom is 0.410 e. The molecule has 3 aromatic carbocycles. The van der Waals surface area contributed by atoms with Gasteiger partial charge in [-0.1, -0.05) is 54.6 Å². The summed E-state index contributed by atoms with van der Waals surface area (Å²) < 4.78 is 34.3. The fourth-order valence-corrected chi connectivity index (χ4v) is 6.09. The van der Waals surface area contributed by atoms with Crippen LogP contribution in [0.15, 0.2) is 66.7 Å².